The molecule has 0 aliphatic rings. The summed E-state index contributed by atoms with van der Waals surface area (Å²) in [5.41, 5.74) is 0.561. The predicted octanol–water partition coefficient (Wildman–Crippen LogP) is 3.25. The third kappa shape index (κ3) is 12.7. The van der Waals surface area contributed by atoms with Gasteiger partial charge in [-0.25, -0.2) is 17.2 Å². The normalized spacial score (nSPS) is 14.4. The van der Waals surface area contributed by atoms with E-state index in [1.54, 1.807) is 0 Å². The zero-order valence-corrected chi connectivity index (χ0v) is 26.9. The number of rotatable bonds is 16. The highest BCUT2D eigenvalue weighted by Crippen LogP contribution is 2.21. The molecule has 2 aromatic rings. The number of methoxy groups -OCH3 is 1. The largest absolute Gasteiger partial charge is 0.378 e. The molecular formula is C31H46F2N4O5S. The summed E-state index contributed by atoms with van der Waals surface area (Å²) < 4.78 is 59.3. The van der Waals surface area contributed by atoms with Crippen LogP contribution in [0.15, 0.2) is 48.5 Å². The Morgan fingerprint density at radius 3 is 2.07 bits per heavy atom. The summed E-state index contributed by atoms with van der Waals surface area (Å²) >= 11 is 0. The van der Waals surface area contributed by atoms with Crippen molar-refractivity contribution in [2.75, 3.05) is 33.0 Å². The summed E-state index contributed by atoms with van der Waals surface area (Å²) in [5.74, 6) is -2.28. The minimum Gasteiger partial charge on any atom is -0.378 e. The van der Waals surface area contributed by atoms with Crippen LogP contribution in [0.25, 0.3) is 0 Å². The molecule has 0 heterocycles. The number of hydrogen-bond donors (Lipinski definition) is 3. The lowest BCUT2D eigenvalue weighted by Crippen LogP contribution is -2.59. The summed E-state index contributed by atoms with van der Waals surface area (Å²) in [6, 6.07) is 11.0. The van der Waals surface area contributed by atoms with Gasteiger partial charge < -0.3 is 20.7 Å². The highest BCUT2D eigenvalue weighted by atomic mass is 32.2. The molecule has 0 unspecified atom stereocenters. The fraction of sp³-hybridized carbons (Fsp3) is 0.548. The topological polar surface area (TPSA) is 117 Å². The Hall–Kier alpha value is -2.93. The molecule has 2 aromatic carbocycles. The molecule has 2 amide bonds. The van der Waals surface area contributed by atoms with Crippen LogP contribution in [0.4, 0.5) is 8.78 Å². The minimum absolute atomic E-state index is 0.0302. The van der Waals surface area contributed by atoms with Crippen LogP contribution in [0.5, 0.6) is 0 Å². The first-order valence-corrected chi connectivity index (χ1v) is 16.1. The van der Waals surface area contributed by atoms with Crippen molar-refractivity contribution in [3.05, 3.63) is 71.3 Å². The molecule has 0 spiro atoms. The van der Waals surface area contributed by atoms with E-state index in [4.69, 9.17) is 4.74 Å². The van der Waals surface area contributed by atoms with Gasteiger partial charge in [0.05, 0.1) is 24.9 Å². The zero-order chi connectivity index (χ0) is 32.4. The lowest BCUT2D eigenvalue weighted by Gasteiger charge is -2.35. The van der Waals surface area contributed by atoms with Gasteiger partial charge in [-0.05, 0) is 41.0 Å². The van der Waals surface area contributed by atoms with Crippen LogP contribution in [-0.4, -0.2) is 75.7 Å². The van der Waals surface area contributed by atoms with Crippen molar-refractivity contribution >= 4 is 21.8 Å². The van der Waals surface area contributed by atoms with Crippen molar-refractivity contribution in [2.45, 2.75) is 65.8 Å². The standard InChI is InChI=1S/C31H46F2N4O5S/c1-21(2)19-37(43(7,40)41)20-27(42-6)26(15-22-11-9-8-10-12-22)35-30(39)29(31(3,4)5)36-28(38)18-34-17-23-13-24(32)16-25(33)14-23/h8-14,16,21,26-27,29,34H,15,17-20H2,1-7H3,(H,35,39)(H,36,38)/t26-,27+,29+/m0/s1. The fourth-order valence-corrected chi connectivity index (χ4v) is 5.64. The monoisotopic (exact) mass is 624 g/mol. The van der Waals surface area contributed by atoms with Gasteiger partial charge in [-0.1, -0.05) is 65.0 Å². The molecule has 0 saturated heterocycles. The number of nitrogens with one attached hydrogen (secondary N) is 3. The smallest absolute Gasteiger partial charge is 0.243 e. The maximum atomic E-state index is 13.8. The van der Waals surface area contributed by atoms with Gasteiger partial charge >= 0.3 is 0 Å². The molecule has 0 saturated carbocycles. The third-order valence-electron chi connectivity index (χ3n) is 6.77. The van der Waals surface area contributed by atoms with Crippen molar-refractivity contribution in [1.82, 2.24) is 20.3 Å². The van der Waals surface area contributed by atoms with E-state index in [2.05, 4.69) is 16.0 Å². The summed E-state index contributed by atoms with van der Waals surface area (Å²) in [5, 5.41) is 8.65. The Bertz CT molecular complexity index is 1280. The van der Waals surface area contributed by atoms with Gasteiger partial charge in [0.2, 0.25) is 21.8 Å². The minimum atomic E-state index is -3.55. The predicted molar refractivity (Wildman–Crippen MR) is 164 cm³/mol. The van der Waals surface area contributed by atoms with Crippen LogP contribution in [-0.2, 0) is 37.3 Å². The Morgan fingerprint density at radius 1 is 0.953 bits per heavy atom. The van der Waals surface area contributed by atoms with Crippen molar-refractivity contribution in [3.63, 3.8) is 0 Å². The first-order chi connectivity index (χ1) is 20.0. The number of halogens is 2. The Labute approximate surface area is 254 Å². The molecular weight excluding hydrogens is 578 g/mol. The Morgan fingerprint density at radius 2 is 1.56 bits per heavy atom. The molecule has 3 N–H and O–H groups in total. The number of amides is 2. The van der Waals surface area contributed by atoms with Crippen LogP contribution >= 0.6 is 0 Å². The molecule has 0 fully saturated rings. The average molecular weight is 625 g/mol. The number of hydrogen-bond acceptors (Lipinski definition) is 6. The maximum Gasteiger partial charge on any atom is 0.243 e. The van der Waals surface area contributed by atoms with Gasteiger partial charge in [-0.2, -0.15) is 4.31 Å². The molecule has 0 aromatic heterocycles. The molecule has 0 aliphatic heterocycles. The summed E-state index contributed by atoms with van der Waals surface area (Å²) in [4.78, 5) is 26.6. The van der Waals surface area contributed by atoms with Crippen LogP contribution in [0.1, 0.15) is 45.7 Å². The number of nitrogens with zero attached hydrogens (tertiary/aromatic N) is 1. The van der Waals surface area contributed by atoms with Crippen molar-refractivity contribution in [3.8, 4) is 0 Å². The van der Waals surface area contributed by atoms with Crippen LogP contribution < -0.4 is 16.0 Å². The average Bonchev–Trinajstić information content (AvgIpc) is 2.88. The summed E-state index contributed by atoms with van der Waals surface area (Å²) in [7, 11) is -2.08. The SMILES string of the molecule is CO[C@H](CN(CC(C)C)S(C)(=O)=O)[C@H](Cc1ccccc1)NC(=O)[C@@H](NC(=O)CNCc1cc(F)cc(F)c1)C(C)(C)C. The van der Waals surface area contributed by atoms with Gasteiger partial charge in [0.25, 0.3) is 0 Å². The molecule has 0 radical (unpaired) electrons. The first-order valence-electron chi connectivity index (χ1n) is 14.3. The van der Waals surface area contributed by atoms with E-state index in [0.29, 0.717) is 18.5 Å². The summed E-state index contributed by atoms with van der Waals surface area (Å²) in [6.45, 7) is 9.47. The Balaban J connectivity index is 2.23. The van der Waals surface area contributed by atoms with E-state index in [1.165, 1.54) is 23.5 Å². The van der Waals surface area contributed by atoms with Crippen molar-refractivity contribution < 1.29 is 31.5 Å². The van der Waals surface area contributed by atoms with Gasteiger partial charge in [-0.3, -0.25) is 9.59 Å². The van der Waals surface area contributed by atoms with Gasteiger partial charge in [0.15, 0.2) is 0 Å². The molecule has 240 valence electrons. The highest BCUT2D eigenvalue weighted by Gasteiger charge is 2.36. The molecule has 9 nitrogen and oxygen atoms in total. The van der Waals surface area contributed by atoms with Crippen molar-refractivity contribution in [1.29, 1.82) is 0 Å². The van der Waals surface area contributed by atoms with E-state index in [-0.39, 0.29) is 25.6 Å². The lowest BCUT2D eigenvalue weighted by molar-refractivity contribution is -0.132. The maximum absolute atomic E-state index is 13.8. The first kappa shape index (κ1) is 36.3. The molecule has 3 atom stereocenters. The number of carbonyl (C=O) groups is 2. The van der Waals surface area contributed by atoms with Crippen molar-refractivity contribution in [2.24, 2.45) is 11.3 Å². The second kappa shape index (κ2) is 16.2. The highest BCUT2D eigenvalue weighted by molar-refractivity contribution is 7.88. The summed E-state index contributed by atoms with van der Waals surface area (Å²) in [6.07, 6.45) is 0.819. The fourth-order valence-electron chi connectivity index (χ4n) is 4.65. The second-order valence-corrected chi connectivity index (χ2v) is 14.3. The second-order valence-electron chi connectivity index (χ2n) is 12.3. The molecule has 12 heteroatoms. The van der Waals surface area contributed by atoms with E-state index >= 15 is 0 Å². The zero-order valence-electron chi connectivity index (χ0n) is 26.1. The van der Waals surface area contributed by atoms with Gasteiger partial charge in [-0.15, -0.1) is 0 Å². The lowest BCUT2D eigenvalue weighted by atomic mass is 9.85. The molecule has 2 rings (SSSR count). The number of carbonyl (C=O) groups excluding carboxylic acids is 2. The van der Waals surface area contributed by atoms with E-state index < -0.39 is 57.1 Å². The van der Waals surface area contributed by atoms with Crippen LogP contribution in [0, 0.1) is 23.0 Å². The van der Waals surface area contributed by atoms with Gasteiger partial charge in [0, 0.05) is 32.8 Å². The molecule has 0 bridgehead atoms. The Kier molecular flexibility index (Phi) is 13.7. The van der Waals surface area contributed by atoms with Crippen LogP contribution in [0.3, 0.4) is 0 Å². The number of benzene rings is 2. The quantitative estimate of drug-likeness (QED) is 0.264. The van der Waals surface area contributed by atoms with E-state index in [9.17, 15) is 26.8 Å². The van der Waals surface area contributed by atoms with Gasteiger partial charge in [0.1, 0.15) is 17.7 Å². The number of ether oxygens (including phenoxy) is 1. The van der Waals surface area contributed by atoms with Crippen LogP contribution in [0.2, 0.25) is 0 Å². The number of sulfonamides is 1. The molecule has 0 aliphatic carbocycles. The van der Waals surface area contributed by atoms with E-state index in [1.807, 2.05) is 65.0 Å². The third-order valence-corrected chi connectivity index (χ3v) is 8.01. The molecule has 43 heavy (non-hydrogen) atoms. The van der Waals surface area contributed by atoms with E-state index in [0.717, 1.165) is 17.9 Å².